The van der Waals surface area contributed by atoms with Crippen LogP contribution in [0.5, 0.6) is 0 Å². The Hall–Kier alpha value is -1.69. The first-order chi connectivity index (χ1) is 8.27. The number of pyridine rings is 1. The summed E-state index contributed by atoms with van der Waals surface area (Å²) in [6.45, 7) is 1.81. The highest BCUT2D eigenvalue weighted by Crippen LogP contribution is 2.20. The highest BCUT2D eigenvalue weighted by Gasteiger charge is 2.16. The van der Waals surface area contributed by atoms with E-state index in [1.807, 2.05) is 0 Å². The smallest absolute Gasteiger partial charge is 0.378 e. The van der Waals surface area contributed by atoms with Crippen molar-refractivity contribution in [3.8, 4) is 0 Å². The molecule has 17 heavy (non-hydrogen) atoms. The van der Waals surface area contributed by atoms with Gasteiger partial charge >= 0.3 is 5.82 Å². The van der Waals surface area contributed by atoms with Crippen LogP contribution in [0.2, 0.25) is 0 Å². The Morgan fingerprint density at radius 3 is 3.24 bits per heavy atom. The predicted octanol–water partition coefficient (Wildman–Crippen LogP) is 1.54. The van der Waals surface area contributed by atoms with Gasteiger partial charge in [-0.3, -0.25) is 0 Å². The maximum Gasteiger partial charge on any atom is 0.386 e. The van der Waals surface area contributed by atoms with Crippen molar-refractivity contribution < 1.29 is 4.92 Å². The molecule has 0 aliphatic carbocycles. The van der Waals surface area contributed by atoms with Gasteiger partial charge in [0.25, 0.3) is 0 Å². The summed E-state index contributed by atoms with van der Waals surface area (Å²) in [5, 5.41) is 17.2. The largest absolute Gasteiger partial charge is 0.386 e. The average molecular weight is 236 g/mol. The Morgan fingerprint density at radius 1 is 1.65 bits per heavy atom. The van der Waals surface area contributed by atoms with Crippen LogP contribution in [0.3, 0.4) is 0 Å². The summed E-state index contributed by atoms with van der Waals surface area (Å²) >= 11 is 0. The monoisotopic (exact) mass is 236 g/mol. The number of hydrogen-bond donors (Lipinski definition) is 2. The Balaban J connectivity index is 1.87. The number of aromatic nitrogens is 1. The van der Waals surface area contributed by atoms with E-state index in [9.17, 15) is 10.1 Å². The molecule has 0 saturated carbocycles. The van der Waals surface area contributed by atoms with Crippen molar-refractivity contribution in [1.82, 2.24) is 10.3 Å². The highest BCUT2D eigenvalue weighted by molar-refractivity contribution is 5.56. The molecule has 2 N–H and O–H groups in total. The molecular weight excluding hydrogens is 220 g/mol. The second-order valence-corrected chi connectivity index (χ2v) is 4.14. The van der Waals surface area contributed by atoms with E-state index in [0.29, 0.717) is 11.7 Å². The molecule has 2 rings (SSSR count). The van der Waals surface area contributed by atoms with E-state index in [1.54, 1.807) is 12.1 Å². The average Bonchev–Trinajstić information content (AvgIpc) is 2.82. The zero-order chi connectivity index (χ0) is 12.1. The molecule has 6 heteroatoms. The Labute approximate surface area is 99.6 Å². The van der Waals surface area contributed by atoms with Gasteiger partial charge in [0.15, 0.2) is 0 Å². The zero-order valence-corrected chi connectivity index (χ0v) is 9.56. The van der Waals surface area contributed by atoms with Gasteiger partial charge in [0.2, 0.25) is 0 Å². The number of rotatable bonds is 5. The first-order valence-electron chi connectivity index (χ1n) is 5.84. The van der Waals surface area contributed by atoms with Crippen molar-refractivity contribution in [2.45, 2.75) is 25.3 Å². The minimum atomic E-state index is -0.462. The summed E-state index contributed by atoms with van der Waals surface area (Å²) in [6.07, 6.45) is 4.82. The first-order valence-corrected chi connectivity index (χ1v) is 5.84. The summed E-state index contributed by atoms with van der Waals surface area (Å²) in [7, 11) is 0. The van der Waals surface area contributed by atoms with Gasteiger partial charge in [-0.2, -0.15) is 0 Å². The molecule has 0 amide bonds. The van der Waals surface area contributed by atoms with Crippen LogP contribution in [0, 0.1) is 10.1 Å². The quantitative estimate of drug-likeness (QED) is 0.598. The Morgan fingerprint density at radius 2 is 2.53 bits per heavy atom. The Kier molecular flexibility index (Phi) is 3.87. The van der Waals surface area contributed by atoms with Crippen molar-refractivity contribution in [3.63, 3.8) is 0 Å². The number of nitro groups is 1. The molecule has 0 bridgehead atoms. The molecular formula is C11H16N4O2. The van der Waals surface area contributed by atoms with E-state index in [0.717, 1.165) is 19.5 Å². The summed E-state index contributed by atoms with van der Waals surface area (Å²) in [5.74, 6) is -0.105. The van der Waals surface area contributed by atoms with E-state index < -0.39 is 4.92 Å². The molecule has 0 unspecified atom stereocenters. The topological polar surface area (TPSA) is 80.1 Å². The molecule has 1 atom stereocenters. The summed E-state index contributed by atoms with van der Waals surface area (Å²) in [6, 6.07) is 3.93. The lowest BCUT2D eigenvalue weighted by atomic mass is 10.1. The number of hydrogen-bond acceptors (Lipinski definition) is 5. The summed E-state index contributed by atoms with van der Waals surface area (Å²) < 4.78 is 0. The van der Waals surface area contributed by atoms with Gasteiger partial charge in [0, 0.05) is 12.6 Å². The third kappa shape index (κ3) is 3.13. The van der Waals surface area contributed by atoms with Crippen molar-refractivity contribution in [3.05, 3.63) is 28.4 Å². The van der Waals surface area contributed by atoms with Gasteiger partial charge in [-0.15, -0.1) is 0 Å². The molecule has 1 aliphatic heterocycles. The van der Waals surface area contributed by atoms with Crippen molar-refractivity contribution >= 4 is 11.5 Å². The molecule has 1 aromatic heterocycles. The zero-order valence-electron chi connectivity index (χ0n) is 9.56. The van der Waals surface area contributed by atoms with E-state index in [-0.39, 0.29) is 5.82 Å². The molecule has 1 aliphatic rings. The van der Waals surface area contributed by atoms with Crippen LogP contribution in [0.4, 0.5) is 11.5 Å². The van der Waals surface area contributed by atoms with Crippen molar-refractivity contribution in [2.24, 2.45) is 0 Å². The molecule has 1 aromatic rings. The van der Waals surface area contributed by atoms with Crippen LogP contribution in [0.25, 0.3) is 0 Å². The SMILES string of the molecule is O=[N+]([O-])c1ncccc1NCC[C@@H]1CCCN1. The third-order valence-electron chi connectivity index (χ3n) is 2.93. The fourth-order valence-electron chi connectivity index (χ4n) is 2.06. The third-order valence-corrected chi connectivity index (χ3v) is 2.93. The molecule has 6 nitrogen and oxygen atoms in total. The van der Waals surface area contributed by atoms with Crippen LogP contribution in [0.15, 0.2) is 18.3 Å². The highest BCUT2D eigenvalue weighted by atomic mass is 16.6. The van der Waals surface area contributed by atoms with Crippen LogP contribution < -0.4 is 10.6 Å². The van der Waals surface area contributed by atoms with Gasteiger partial charge < -0.3 is 20.7 Å². The second kappa shape index (κ2) is 5.58. The number of nitrogens with one attached hydrogen (secondary N) is 2. The number of anilines is 1. The number of nitrogens with zero attached hydrogens (tertiary/aromatic N) is 2. The Bertz CT molecular complexity index is 391. The van der Waals surface area contributed by atoms with Crippen LogP contribution in [-0.2, 0) is 0 Å². The standard InChI is InChI=1S/C11H16N4O2/c16-15(17)11-10(4-2-7-14-11)13-8-5-9-3-1-6-12-9/h2,4,7,9,12-13H,1,3,5-6,8H2/t9-/m0/s1. The van der Waals surface area contributed by atoms with Gasteiger partial charge in [-0.25, -0.2) is 0 Å². The fourth-order valence-corrected chi connectivity index (χ4v) is 2.06. The van der Waals surface area contributed by atoms with E-state index in [4.69, 9.17) is 0 Å². The van der Waals surface area contributed by atoms with E-state index >= 15 is 0 Å². The molecule has 0 aromatic carbocycles. The van der Waals surface area contributed by atoms with E-state index in [1.165, 1.54) is 19.0 Å². The molecule has 1 saturated heterocycles. The second-order valence-electron chi connectivity index (χ2n) is 4.14. The molecule has 2 heterocycles. The summed E-state index contributed by atoms with van der Waals surface area (Å²) in [4.78, 5) is 14.0. The molecule has 0 spiro atoms. The molecule has 1 fully saturated rings. The minimum Gasteiger partial charge on any atom is -0.378 e. The fraction of sp³-hybridized carbons (Fsp3) is 0.545. The minimum absolute atomic E-state index is 0.105. The van der Waals surface area contributed by atoms with Gasteiger partial charge in [-0.1, -0.05) is 0 Å². The van der Waals surface area contributed by atoms with Crippen LogP contribution >= 0.6 is 0 Å². The predicted molar refractivity (Wildman–Crippen MR) is 65.0 cm³/mol. The lowest BCUT2D eigenvalue weighted by molar-refractivity contribution is -0.388. The lowest BCUT2D eigenvalue weighted by Gasteiger charge is -2.11. The molecule has 92 valence electrons. The van der Waals surface area contributed by atoms with Crippen molar-refractivity contribution in [2.75, 3.05) is 18.4 Å². The lowest BCUT2D eigenvalue weighted by Crippen LogP contribution is -2.24. The van der Waals surface area contributed by atoms with Crippen molar-refractivity contribution in [1.29, 1.82) is 0 Å². The van der Waals surface area contributed by atoms with Crippen LogP contribution in [0.1, 0.15) is 19.3 Å². The van der Waals surface area contributed by atoms with E-state index in [2.05, 4.69) is 15.6 Å². The normalized spacial score (nSPS) is 19.2. The van der Waals surface area contributed by atoms with Crippen LogP contribution in [-0.4, -0.2) is 29.0 Å². The molecule has 0 radical (unpaired) electrons. The summed E-state index contributed by atoms with van der Waals surface area (Å²) in [5.41, 5.74) is 0.496. The van der Waals surface area contributed by atoms with Gasteiger partial charge in [0.1, 0.15) is 11.9 Å². The first kappa shape index (κ1) is 11.8. The van der Waals surface area contributed by atoms with Gasteiger partial charge in [0.05, 0.1) is 0 Å². The maximum atomic E-state index is 10.7. The maximum absolute atomic E-state index is 10.7. The van der Waals surface area contributed by atoms with Gasteiger partial charge in [-0.05, 0) is 47.8 Å².